The number of H-pyrrole nitrogens is 1. The molecule has 2 amide bonds. The lowest BCUT2D eigenvalue weighted by molar-refractivity contribution is -0.127. The van der Waals surface area contributed by atoms with Crippen molar-refractivity contribution in [2.24, 2.45) is 5.92 Å². The van der Waals surface area contributed by atoms with Gasteiger partial charge in [0.25, 0.3) is 5.56 Å². The Morgan fingerprint density at radius 3 is 2.56 bits per heavy atom. The molecule has 10 nitrogen and oxygen atoms in total. The van der Waals surface area contributed by atoms with E-state index >= 15 is 0 Å². The number of carbonyl (C=O) groups is 3. The maximum Gasteiger partial charge on any atom is 0.409 e. The minimum absolute atomic E-state index is 0.181. The summed E-state index contributed by atoms with van der Waals surface area (Å²) in [5, 5.41) is 0.599. The largest absolute Gasteiger partial charge is 0.438 e. The molecule has 220 valence electrons. The third kappa shape index (κ3) is 8.53. The van der Waals surface area contributed by atoms with Crippen molar-refractivity contribution in [3.05, 3.63) is 74.9 Å². The van der Waals surface area contributed by atoms with Crippen LogP contribution >= 0.6 is 11.6 Å². The number of nitrogens with one attached hydrogen (secondary N) is 1. The molecule has 1 N–H and O–H groups in total. The van der Waals surface area contributed by atoms with E-state index in [-0.39, 0.29) is 30.9 Å². The topological polar surface area (TPSA) is 118 Å². The number of ketones is 1. The number of fused-ring (bicyclic) bond motifs is 1. The van der Waals surface area contributed by atoms with Crippen LogP contribution < -0.4 is 5.56 Å². The quantitative estimate of drug-likeness (QED) is 0.319. The van der Waals surface area contributed by atoms with Crippen molar-refractivity contribution in [1.29, 1.82) is 0 Å². The van der Waals surface area contributed by atoms with E-state index in [1.807, 2.05) is 6.07 Å². The Labute approximate surface area is 244 Å². The molecule has 0 fully saturated rings. The highest BCUT2D eigenvalue weighted by molar-refractivity contribution is 6.32. The number of rotatable bonds is 12. The molecule has 41 heavy (non-hydrogen) atoms. The van der Waals surface area contributed by atoms with Gasteiger partial charge in [-0.1, -0.05) is 37.6 Å². The van der Waals surface area contributed by atoms with Crippen LogP contribution in [0.25, 0.3) is 11.0 Å². The smallest absolute Gasteiger partial charge is 0.409 e. The Hall–Kier alpha value is -3.92. The first-order valence-electron chi connectivity index (χ1n) is 13.5. The Balaban J connectivity index is 1.79. The second-order valence-electron chi connectivity index (χ2n) is 10.8. The molecular formula is C30H38ClN5O5. The van der Waals surface area contributed by atoms with Crippen molar-refractivity contribution in [2.45, 2.75) is 52.2 Å². The van der Waals surface area contributed by atoms with Gasteiger partial charge in [0.05, 0.1) is 22.6 Å². The van der Waals surface area contributed by atoms with Crippen molar-refractivity contribution >= 4 is 40.4 Å². The number of likely N-dealkylation sites (N-methyl/N-ethyl adjacent to an activating group) is 1. The van der Waals surface area contributed by atoms with Gasteiger partial charge >= 0.3 is 6.09 Å². The summed E-state index contributed by atoms with van der Waals surface area (Å²) in [6.45, 7) is 4.49. The van der Waals surface area contributed by atoms with Gasteiger partial charge in [0, 0.05) is 58.3 Å². The second kappa shape index (κ2) is 14.1. The molecule has 0 saturated heterocycles. The highest BCUT2D eigenvalue weighted by Crippen LogP contribution is 2.27. The van der Waals surface area contributed by atoms with Crippen molar-refractivity contribution in [1.82, 2.24) is 24.3 Å². The van der Waals surface area contributed by atoms with Crippen molar-refractivity contribution in [2.75, 3.05) is 28.2 Å². The zero-order valence-corrected chi connectivity index (χ0v) is 25.2. The summed E-state index contributed by atoms with van der Waals surface area (Å²) in [7, 11) is 6.32. The highest BCUT2D eigenvalue weighted by atomic mass is 35.5. The molecule has 0 spiro atoms. The lowest BCUT2D eigenvalue weighted by Gasteiger charge is -2.19. The number of aromatic amines is 1. The number of halogens is 1. The average Bonchev–Trinajstić information content (AvgIpc) is 3.32. The van der Waals surface area contributed by atoms with Crippen LogP contribution in [0.2, 0.25) is 5.02 Å². The highest BCUT2D eigenvalue weighted by Gasteiger charge is 2.24. The second-order valence-corrected chi connectivity index (χ2v) is 11.2. The Morgan fingerprint density at radius 1 is 1.17 bits per heavy atom. The summed E-state index contributed by atoms with van der Waals surface area (Å²) in [5.41, 5.74) is 3.37. The molecule has 0 aliphatic carbocycles. The number of nitrogens with zero attached hydrogens (tertiary/aromatic N) is 4. The summed E-state index contributed by atoms with van der Waals surface area (Å²) in [6, 6.07) is 5.21. The van der Waals surface area contributed by atoms with Gasteiger partial charge in [-0.3, -0.25) is 19.4 Å². The molecule has 3 aromatic heterocycles. The van der Waals surface area contributed by atoms with E-state index in [0.717, 1.165) is 28.7 Å². The lowest BCUT2D eigenvalue weighted by atomic mass is 10.0. The van der Waals surface area contributed by atoms with Crippen LogP contribution in [0.3, 0.4) is 0 Å². The number of pyridine rings is 2. The molecular weight excluding hydrogens is 546 g/mol. The fraction of sp³-hybridized carbons (Fsp3) is 0.433. The number of allylic oxidation sites excluding steroid dienone is 1. The molecule has 0 bridgehead atoms. The van der Waals surface area contributed by atoms with E-state index in [1.165, 1.54) is 34.5 Å². The van der Waals surface area contributed by atoms with Gasteiger partial charge in [0.1, 0.15) is 0 Å². The molecule has 1 atom stereocenters. The predicted molar refractivity (Wildman–Crippen MR) is 159 cm³/mol. The molecule has 0 saturated carbocycles. The number of aromatic nitrogens is 3. The number of amides is 2. The molecule has 0 aromatic carbocycles. The third-order valence-corrected chi connectivity index (χ3v) is 6.77. The maximum atomic E-state index is 13.3. The average molecular weight is 584 g/mol. The van der Waals surface area contributed by atoms with Gasteiger partial charge in [0.2, 0.25) is 5.91 Å². The van der Waals surface area contributed by atoms with Gasteiger partial charge in [-0.15, -0.1) is 0 Å². The predicted octanol–water partition coefficient (Wildman–Crippen LogP) is 4.23. The summed E-state index contributed by atoms with van der Waals surface area (Å²) >= 11 is 6.43. The number of hydrogen-bond donors (Lipinski definition) is 1. The van der Waals surface area contributed by atoms with Gasteiger partial charge in [-0.25, -0.2) is 4.79 Å². The SMILES string of the molecule is CC(C)Cc1c(Cl)cnc2cc(Cn3cccc(CC(=O)[C@H](CC/C=C/C(=O)N(C)C)OC(=O)N(C)C)c3=O)[nH]c12. The minimum atomic E-state index is -1.07. The fourth-order valence-corrected chi connectivity index (χ4v) is 4.49. The van der Waals surface area contributed by atoms with Gasteiger partial charge in [0.15, 0.2) is 11.9 Å². The summed E-state index contributed by atoms with van der Waals surface area (Å²) < 4.78 is 6.95. The zero-order valence-electron chi connectivity index (χ0n) is 24.4. The first-order chi connectivity index (χ1) is 19.4. The van der Waals surface area contributed by atoms with Crippen LogP contribution in [0.15, 0.2) is 47.5 Å². The van der Waals surface area contributed by atoms with Crippen molar-refractivity contribution in [3.8, 4) is 0 Å². The van der Waals surface area contributed by atoms with Crippen LogP contribution in [0.4, 0.5) is 4.79 Å². The normalized spacial score (nSPS) is 12.2. The fourth-order valence-electron chi connectivity index (χ4n) is 4.27. The Morgan fingerprint density at radius 2 is 1.90 bits per heavy atom. The van der Waals surface area contributed by atoms with Gasteiger partial charge in [-0.05, 0) is 49.0 Å². The summed E-state index contributed by atoms with van der Waals surface area (Å²) in [5.74, 6) is -0.183. The van der Waals surface area contributed by atoms with E-state index in [4.69, 9.17) is 16.3 Å². The van der Waals surface area contributed by atoms with Crippen molar-refractivity contribution < 1.29 is 19.1 Å². The molecule has 3 rings (SSSR count). The first-order valence-corrected chi connectivity index (χ1v) is 13.9. The molecule has 0 aliphatic heterocycles. The Kier molecular flexibility index (Phi) is 10.9. The molecule has 3 heterocycles. The van der Waals surface area contributed by atoms with Crippen LogP contribution in [0.5, 0.6) is 0 Å². The van der Waals surface area contributed by atoms with Gasteiger partial charge < -0.3 is 24.1 Å². The van der Waals surface area contributed by atoms with E-state index < -0.39 is 18.0 Å². The molecule has 11 heteroatoms. The minimum Gasteiger partial charge on any atom is -0.438 e. The number of Topliss-reactive ketones (excluding diaryl/α,β-unsaturated/α-hetero) is 1. The number of ether oxygens (including phenoxy) is 1. The maximum absolute atomic E-state index is 13.3. The Bertz CT molecular complexity index is 1490. The van der Waals surface area contributed by atoms with E-state index in [2.05, 4.69) is 23.8 Å². The summed E-state index contributed by atoms with van der Waals surface area (Å²) in [4.78, 5) is 61.0. The third-order valence-electron chi connectivity index (χ3n) is 6.44. The van der Waals surface area contributed by atoms with Crippen LogP contribution in [0.1, 0.15) is 43.5 Å². The molecule has 0 unspecified atom stereocenters. The molecule has 0 radical (unpaired) electrons. The lowest BCUT2D eigenvalue weighted by Crippen LogP contribution is -2.35. The number of carbonyl (C=O) groups excluding carboxylic acids is 3. The molecule has 3 aromatic rings. The first kappa shape index (κ1) is 31.6. The molecule has 0 aliphatic rings. The van der Waals surface area contributed by atoms with Crippen LogP contribution in [-0.4, -0.2) is 76.4 Å². The standard InChI is InChI=1S/C30H38ClN5O5/c1-19(2)14-22-23(31)17-32-24-16-21(33-28(22)24)18-36-13-9-10-20(29(36)39)15-25(37)26(41-30(40)35(5)6)11-7-8-12-27(38)34(3)4/h8-10,12-13,16-17,19,26,33H,7,11,14-15,18H2,1-6H3/b12-8+/t26-/m0/s1. The summed E-state index contributed by atoms with van der Waals surface area (Å²) in [6.07, 6.45) is 5.73. The van der Waals surface area contributed by atoms with E-state index in [1.54, 1.807) is 44.7 Å². The van der Waals surface area contributed by atoms with E-state index in [0.29, 0.717) is 22.9 Å². The van der Waals surface area contributed by atoms with Crippen LogP contribution in [0, 0.1) is 5.92 Å². The van der Waals surface area contributed by atoms with Gasteiger partial charge in [-0.2, -0.15) is 0 Å². The van der Waals surface area contributed by atoms with E-state index in [9.17, 15) is 19.2 Å². The van der Waals surface area contributed by atoms with Crippen molar-refractivity contribution in [3.63, 3.8) is 0 Å². The zero-order chi connectivity index (χ0) is 30.3. The number of hydrogen-bond acceptors (Lipinski definition) is 6. The monoisotopic (exact) mass is 583 g/mol. The van der Waals surface area contributed by atoms with Crippen LogP contribution in [-0.2, 0) is 33.7 Å².